The van der Waals surface area contributed by atoms with Crippen molar-refractivity contribution >= 4 is 0 Å². The van der Waals surface area contributed by atoms with Gasteiger partial charge < -0.3 is 10.3 Å². The Morgan fingerprint density at radius 2 is 2.07 bits per heavy atom. The van der Waals surface area contributed by atoms with Crippen LogP contribution in [0.2, 0.25) is 0 Å². The number of H-pyrrole nitrogens is 1. The third-order valence-electron chi connectivity index (χ3n) is 1.77. The highest BCUT2D eigenvalue weighted by molar-refractivity contribution is 5.42. The molecule has 0 aliphatic rings. The Morgan fingerprint density at radius 3 is 2.79 bits per heavy atom. The maximum Gasteiger partial charge on any atom is 0.195 e. The molecule has 0 bridgehead atoms. The zero-order valence-corrected chi connectivity index (χ0v) is 7.86. The summed E-state index contributed by atoms with van der Waals surface area (Å²) < 4.78 is 0. The van der Waals surface area contributed by atoms with Gasteiger partial charge in [-0.25, -0.2) is 15.0 Å². The van der Waals surface area contributed by atoms with Crippen LogP contribution in [0.1, 0.15) is 5.69 Å². The van der Waals surface area contributed by atoms with Crippen LogP contribution >= 0.6 is 0 Å². The van der Waals surface area contributed by atoms with Gasteiger partial charge in [-0.1, -0.05) is 0 Å². The van der Waals surface area contributed by atoms with E-state index < -0.39 is 0 Å². The van der Waals surface area contributed by atoms with Crippen LogP contribution in [0, 0.1) is 0 Å². The number of aromatic amines is 1. The molecule has 14 heavy (non-hydrogen) atoms. The van der Waals surface area contributed by atoms with Crippen LogP contribution in [0.15, 0.2) is 24.7 Å². The van der Waals surface area contributed by atoms with E-state index in [1.165, 1.54) is 0 Å². The van der Waals surface area contributed by atoms with E-state index >= 15 is 0 Å². The molecule has 0 saturated heterocycles. The molecule has 0 radical (unpaired) electrons. The third-order valence-corrected chi connectivity index (χ3v) is 1.77. The summed E-state index contributed by atoms with van der Waals surface area (Å²) in [6.07, 6.45) is 5.17. The van der Waals surface area contributed by atoms with Crippen molar-refractivity contribution in [3.8, 4) is 11.6 Å². The molecular formula is C9H11N5. The van der Waals surface area contributed by atoms with Gasteiger partial charge >= 0.3 is 0 Å². The van der Waals surface area contributed by atoms with Gasteiger partial charge in [-0.3, -0.25) is 0 Å². The van der Waals surface area contributed by atoms with Crippen molar-refractivity contribution in [3.05, 3.63) is 30.4 Å². The zero-order chi connectivity index (χ0) is 9.80. The van der Waals surface area contributed by atoms with E-state index in [-0.39, 0.29) is 0 Å². The molecule has 2 heterocycles. The van der Waals surface area contributed by atoms with E-state index in [0.717, 1.165) is 12.2 Å². The lowest BCUT2D eigenvalue weighted by Gasteiger charge is -1.94. The molecule has 2 N–H and O–H groups in total. The van der Waals surface area contributed by atoms with E-state index in [0.29, 0.717) is 11.6 Å². The monoisotopic (exact) mass is 189 g/mol. The van der Waals surface area contributed by atoms with E-state index in [2.05, 4.69) is 25.3 Å². The van der Waals surface area contributed by atoms with Crippen LogP contribution in [-0.4, -0.2) is 27.0 Å². The summed E-state index contributed by atoms with van der Waals surface area (Å²) in [5, 5.41) is 3.04. The maximum absolute atomic E-state index is 4.18. The molecule has 5 heteroatoms. The zero-order valence-electron chi connectivity index (χ0n) is 7.86. The predicted molar refractivity (Wildman–Crippen MR) is 52.4 cm³/mol. The number of nitrogens with zero attached hydrogens (tertiary/aromatic N) is 3. The first-order valence-corrected chi connectivity index (χ1v) is 4.36. The molecule has 2 rings (SSSR count). The summed E-state index contributed by atoms with van der Waals surface area (Å²) in [6, 6.07) is 1.78. The molecule has 72 valence electrons. The van der Waals surface area contributed by atoms with Crippen molar-refractivity contribution in [1.29, 1.82) is 0 Å². The maximum atomic E-state index is 4.18. The van der Waals surface area contributed by atoms with E-state index in [1.807, 2.05) is 7.05 Å². The van der Waals surface area contributed by atoms with Crippen molar-refractivity contribution in [2.75, 3.05) is 7.05 Å². The Labute approximate surface area is 81.6 Å². The fourth-order valence-electron chi connectivity index (χ4n) is 1.17. The highest BCUT2D eigenvalue weighted by Gasteiger charge is 2.04. The minimum atomic E-state index is 0.620. The van der Waals surface area contributed by atoms with Gasteiger partial charge in [0.2, 0.25) is 0 Å². The molecule has 0 amide bonds. The van der Waals surface area contributed by atoms with Gasteiger partial charge in [-0.2, -0.15) is 0 Å². The number of hydrogen-bond donors (Lipinski definition) is 2. The Kier molecular flexibility index (Phi) is 2.51. The number of hydrogen-bond acceptors (Lipinski definition) is 4. The molecule has 0 atom stereocenters. The Hall–Kier alpha value is -1.75. The minimum absolute atomic E-state index is 0.620. The van der Waals surface area contributed by atoms with Crippen molar-refractivity contribution in [2.24, 2.45) is 0 Å². The molecule has 0 unspecified atom stereocenters. The number of rotatable bonds is 3. The van der Waals surface area contributed by atoms with Crippen molar-refractivity contribution in [1.82, 2.24) is 25.3 Å². The Bertz CT molecular complexity index is 395. The first-order valence-electron chi connectivity index (χ1n) is 4.36. The Balaban J connectivity index is 2.25. The second kappa shape index (κ2) is 3.97. The van der Waals surface area contributed by atoms with Gasteiger partial charge in [-0.15, -0.1) is 0 Å². The first kappa shape index (κ1) is 8.83. The van der Waals surface area contributed by atoms with Crippen LogP contribution < -0.4 is 5.32 Å². The predicted octanol–water partition coefficient (Wildman–Crippen LogP) is 0.586. The Morgan fingerprint density at radius 1 is 1.29 bits per heavy atom. The quantitative estimate of drug-likeness (QED) is 0.741. The van der Waals surface area contributed by atoms with Crippen LogP contribution in [0.25, 0.3) is 11.6 Å². The molecule has 2 aromatic rings. The largest absolute Gasteiger partial charge is 0.338 e. The summed E-state index contributed by atoms with van der Waals surface area (Å²) in [6.45, 7) is 0.764. The number of nitrogens with one attached hydrogen (secondary N) is 2. The van der Waals surface area contributed by atoms with Crippen molar-refractivity contribution < 1.29 is 0 Å². The molecule has 2 aromatic heterocycles. The van der Waals surface area contributed by atoms with E-state index in [9.17, 15) is 0 Å². The second-order valence-corrected chi connectivity index (χ2v) is 2.86. The lowest BCUT2D eigenvalue weighted by Crippen LogP contribution is -2.05. The van der Waals surface area contributed by atoms with Gasteiger partial charge in [-0.05, 0) is 13.1 Å². The third kappa shape index (κ3) is 1.77. The molecule has 0 saturated carbocycles. The SMILES string of the molecule is CNCc1cnc(-c2ncccn2)[nH]1. The van der Waals surface area contributed by atoms with E-state index in [1.54, 1.807) is 24.7 Å². The molecule has 0 aliphatic heterocycles. The van der Waals surface area contributed by atoms with Crippen LogP contribution in [0.4, 0.5) is 0 Å². The first-order chi connectivity index (χ1) is 6.90. The summed E-state index contributed by atoms with van der Waals surface area (Å²) in [4.78, 5) is 15.5. The van der Waals surface area contributed by atoms with Crippen LogP contribution in [0.3, 0.4) is 0 Å². The normalized spacial score (nSPS) is 10.4. The van der Waals surface area contributed by atoms with Crippen LogP contribution in [-0.2, 0) is 6.54 Å². The van der Waals surface area contributed by atoms with Gasteiger partial charge in [0.05, 0.1) is 6.20 Å². The molecular weight excluding hydrogens is 178 g/mol. The second-order valence-electron chi connectivity index (χ2n) is 2.86. The van der Waals surface area contributed by atoms with Gasteiger partial charge in [0, 0.05) is 24.6 Å². The average Bonchev–Trinajstić information content (AvgIpc) is 2.68. The fraction of sp³-hybridized carbons (Fsp3) is 0.222. The molecule has 0 fully saturated rings. The highest BCUT2D eigenvalue weighted by Crippen LogP contribution is 2.08. The molecule has 5 nitrogen and oxygen atoms in total. The van der Waals surface area contributed by atoms with Crippen molar-refractivity contribution in [3.63, 3.8) is 0 Å². The summed E-state index contributed by atoms with van der Waals surface area (Å²) in [5.41, 5.74) is 1.02. The number of imidazole rings is 1. The smallest absolute Gasteiger partial charge is 0.195 e. The van der Waals surface area contributed by atoms with Gasteiger partial charge in [0.15, 0.2) is 11.6 Å². The summed E-state index contributed by atoms with van der Waals surface area (Å²) in [7, 11) is 1.89. The highest BCUT2D eigenvalue weighted by atomic mass is 15.0. The number of aromatic nitrogens is 4. The minimum Gasteiger partial charge on any atom is -0.338 e. The van der Waals surface area contributed by atoms with Crippen molar-refractivity contribution in [2.45, 2.75) is 6.54 Å². The van der Waals surface area contributed by atoms with Gasteiger partial charge in [0.1, 0.15) is 0 Å². The molecule has 0 aliphatic carbocycles. The summed E-state index contributed by atoms with van der Waals surface area (Å²) in [5.74, 6) is 1.32. The fourth-order valence-corrected chi connectivity index (χ4v) is 1.17. The van der Waals surface area contributed by atoms with Crippen LogP contribution in [0.5, 0.6) is 0 Å². The van der Waals surface area contributed by atoms with E-state index in [4.69, 9.17) is 0 Å². The lowest BCUT2D eigenvalue weighted by molar-refractivity contribution is 0.797. The molecule has 0 aromatic carbocycles. The summed E-state index contributed by atoms with van der Waals surface area (Å²) >= 11 is 0. The lowest BCUT2D eigenvalue weighted by atomic mass is 10.5. The molecule has 0 spiro atoms. The van der Waals surface area contributed by atoms with Gasteiger partial charge in [0.25, 0.3) is 0 Å². The topological polar surface area (TPSA) is 66.5 Å². The standard InChI is InChI=1S/C9H11N5/c1-10-5-7-6-13-9(14-7)8-11-3-2-4-12-8/h2-4,6,10H,5H2,1H3,(H,13,14). The average molecular weight is 189 g/mol.